The fraction of sp³-hybridized carbons (Fsp3) is 0.529. The van der Waals surface area contributed by atoms with Crippen molar-refractivity contribution in [1.29, 1.82) is 0 Å². The fourth-order valence-corrected chi connectivity index (χ4v) is 3.43. The van der Waals surface area contributed by atoms with Gasteiger partial charge in [0.15, 0.2) is 0 Å². The highest BCUT2D eigenvalue weighted by molar-refractivity contribution is 5.77. The zero-order valence-corrected chi connectivity index (χ0v) is 13.8. The number of halogens is 3. The summed E-state index contributed by atoms with van der Waals surface area (Å²) in [6, 6.07) is 4.27. The van der Waals surface area contributed by atoms with Crippen molar-refractivity contribution in [2.75, 3.05) is 26.2 Å². The van der Waals surface area contributed by atoms with E-state index >= 15 is 0 Å². The third-order valence-corrected chi connectivity index (χ3v) is 4.91. The van der Waals surface area contributed by atoms with E-state index in [1.54, 1.807) is 0 Å². The number of urea groups is 1. The van der Waals surface area contributed by atoms with Crippen LogP contribution in [-0.2, 0) is 11.0 Å². The molecular weight excluding hydrogens is 353 g/mol. The van der Waals surface area contributed by atoms with Gasteiger partial charge in [0.25, 0.3) is 0 Å². The number of hydrogen-bond acceptors (Lipinski definition) is 3. The average Bonchev–Trinajstić information content (AvgIpc) is 2.57. The third-order valence-electron chi connectivity index (χ3n) is 4.91. The van der Waals surface area contributed by atoms with Gasteiger partial charge in [-0.15, -0.1) is 0 Å². The van der Waals surface area contributed by atoms with Gasteiger partial charge < -0.3 is 20.0 Å². The number of carbonyl (C=O) groups is 2. The van der Waals surface area contributed by atoms with Crippen LogP contribution in [0.1, 0.15) is 23.5 Å². The summed E-state index contributed by atoms with van der Waals surface area (Å²) in [4.78, 5) is 26.7. The Morgan fingerprint density at radius 1 is 1.00 bits per heavy atom. The molecule has 1 aromatic rings. The minimum Gasteiger partial charge on any atom is -0.481 e. The van der Waals surface area contributed by atoms with E-state index < -0.39 is 29.7 Å². The zero-order valence-electron chi connectivity index (χ0n) is 13.8. The normalized spacial score (nSPS) is 24.3. The number of aliphatic hydroxyl groups excluding tert-OH is 1. The summed E-state index contributed by atoms with van der Waals surface area (Å²) in [5, 5.41) is 18.7. The largest absolute Gasteiger partial charge is 0.481 e. The van der Waals surface area contributed by atoms with Crippen LogP contribution in [0.2, 0.25) is 0 Å². The smallest absolute Gasteiger partial charge is 0.416 e. The van der Waals surface area contributed by atoms with Crippen molar-refractivity contribution >= 4 is 12.0 Å². The minimum absolute atomic E-state index is 0.0535. The van der Waals surface area contributed by atoms with Crippen LogP contribution in [0.4, 0.5) is 18.0 Å². The quantitative estimate of drug-likeness (QED) is 0.832. The van der Waals surface area contributed by atoms with E-state index in [2.05, 4.69) is 0 Å². The molecule has 2 N–H and O–H groups in total. The molecular formula is C17H19F3N2O4. The van der Waals surface area contributed by atoms with Crippen LogP contribution in [0, 0.1) is 5.92 Å². The standard InChI is InChI=1S/C17H19F3N2O4/c18-17(19,20)13-3-1-10(2-4-13)11-5-12(15(24)25)7-21(6-11)16(26)22-8-14(23)9-22/h1-4,11-12,14,23H,5-9H2,(H,24,25). The van der Waals surface area contributed by atoms with Gasteiger partial charge in [-0.05, 0) is 24.1 Å². The lowest BCUT2D eigenvalue weighted by atomic mass is 9.84. The first kappa shape index (κ1) is 18.5. The number of hydrogen-bond donors (Lipinski definition) is 2. The molecule has 2 amide bonds. The van der Waals surface area contributed by atoms with Gasteiger partial charge in [0, 0.05) is 19.0 Å². The fourth-order valence-electron chi connectivity index (χ4n) is 3.43. The number of β-amino-alcohol motifs (C(OH)–C–C–N with tert-alkyl or cyclic N) is 1. The van der Waals surface area contributed by atoms with Gasteiger partial charge in [-0.2, -0.15) is 13.2 Å². The van der Waals surface area contributed by atoms with Gasteiger partial charge in [-0.1, -0.05) is 12.1 Å². The van der Waals surface area contributed by atoms with Gasteiger partial charge >= 0.3 is 18.2 Å². The summed E-state index contributed by atoms with van der Waals surface area (Å²) in [6.45, 7) is 0.703. The summed E-state index contributed by atoms with van der Waals surface area (Å²) in [5.41, 5.74) is -0.195. The van der Waals surface area contributed by atoms with Crippen LogP contribution in [0.25, 0.3) is 0 Å². The molecule has 2 unspecified atom stereocenters. The molecule has 2 aliphatic rings. The molecule has 0 radical (unpaired) electrons. The lowest BCUT2D eigenvalue weighted by molar-refractivity contribution is -0.143. The number of rotatable bonds is 2. The molecule has 0 aliphatic carbocycles. The number of aliphatic carboxylic acids is 1. The molecule has 0 saturated carbocycles. The number of aliphatic hydroxyl groups is 1. The molecule has 1 aromatic carbocycles. The highest BCUT2D eigenvalue weighted by Crippen LogP contribution is 2.34. The van der Waals surface area contributed by atoms with Crippen molar-refractivity contribution in [2.45, 2.75) is 24.6 Å². The second-order valence-electron chi connectivity index (χ2n) is 6.83. The summed E-state index contributed by atoms with van der Waals surface area (Å²) in [6.07, 6.45) is -4.74. The first-order chi connectivity index (χ1) is 12.1. The van der Waals surface area contributed by atoms with Crippen molar-refractivity contribution in [3.8, 4) is 0 Å². The summed E-state index contributed by atoms with van der Waals surface area (Å²) in [5.74, 6) is -2.18. The number of nitrogens with zero attached hydrogens (tertiary/aromatic N) is 2. The number of carboxylic acid groups (broad SMARTS) is 1. The Hall–Kier alpha value is -2.29. The molecule has 3 rings (SSSR count). The van der Waals surface area contributed by atoms with E-state index in [1.165, 1.54) is 21.9 Å². The predicted octanol–water partition coefficient (Wildman–Crippen LogP) is 1.99. The second-order valence-corrected chi connectivity index (χ2v) is 6.83. The van der Waals surface area contributed by atoms with E-state index in [0.717, 1.165) is 12.1 Å². The first-order valence-corrected chi connectivity index (χ1v) is 8.27. The zero-order chi connectivity index (χ0) is 19.1. The maximum atomic E-state index is 12.7. The molecule has 0 spiro atoms. The lowest BCUT2D eigenvalue weighted by Crippen LogP contribution is -2.59. The van der Waals surface area contributed by atoms with Crippen LogP contribution in [0.3, 0.4) is 0 Å². The summed E-state index contributed by atoms with van der Waals surface area (Å²) >= 11 is 0. The van der Waals surface area contributed by atoms with Crippen molar-refractivity contribution in [3.05, 3.63) is 35.4 Å². The molecule has 2 atom stereocenters. The van der Waals surface area contributed by atoms with E-state index in [9.17, 15) is 33.0 Å². The van der Waals surface area contributed by atoms with E-state index in [1.807, 2.05) is 0 Å². The highest BCUT2D eigenvalue weighted by atomic mass is 19.4. The Kier molecular flexibility index (Phi) is 4.83. The maximum absolute atomic E-state index is 12.7. The molecule has 0 aromatic heterocycles. The predicted molar refractivity (Wildman–Crippen MR) is 84.5 cm³/mol. The van der Waals surface area contributed by atoms with Gasteiger partial charge in [0.1, 0.15) is 0 Å². The van der Waals surface area contributed by atoms with Crippen LogP contribution >= 0.6 is 0 Å². The number of piperidine rings is 1. The van der Waals surface area contributed by atoms with Crippen LogP contribution in [0.5, 0.6) is 0 Å². The molecule has 6 nitrogen and oxygen atoms in total. The van der Waals surface area contributed by atoms with Crippen molar-refractivity contribution in [3.63, 3.8) is 0 Å². The Balaban J connectivity index is 1.77. The molecule has 9 heteroatoms. The van der Waals surface area contributed by atoms with Crippen molar-refractivity contribution in [1.82, 2.24) is 9.80 Å². The number of carboxylic acids is 1. The van der Waals surface area contributed by atoms with Gasteiger partial charge in [-0.3, -0.25) is 4.79 Å². The van der Waals surface area contributed by atoms with Gasteiger partial charge in [0.2, 0.25) is 0 Å². The van der Waals surface area contributed by atoms with Crippen molar-refractivity contribution < 1.29 is 33.0 Å². The number of amides is 2. The Morgan fingerprint density at radius 2 is 1.58 bits per heavy atom. The third kappa shape index (κ3) is 3.77. The van der Waals surface area contributed by atoms with Gasteiger partial charge in [0.05, 0.1) is 30.7 Å². The molecule has 142 valence electrons. The Bertz CT molecular complexity index is 686. The highest BCUT2D eigenvalue weighted by Gasteiger charge is 2.39. The van der Waals surface area contributed by atoms with Crippen LogP contribution in [0.15, 0.2) is 24.3 Å². The molecule has 2 aliphatic heterocycles. The first-order valence-electron chi connectivity index (χ1n) is 8.27. The molecule has 0 bridgehead atoms. The second kappa shape index (κ2) is 6.79. The maximum Gasteiger partial charge on any atom is 0.416 e. The Labute approximate surface area is 147 Å². The van der Waals surface area contributed by atoms with E-state index in [0.29, 0.717) is 5.56 Å². The monoisotopic (exact) mass is 372 g/mol. The molecule has 2 saturated heterocycles. The van der Waals surface area contributed by atoms with Crippen molar-refractivity contribution in [2.24, 2.45) is 5.92 Å². The van der Waals surface area contributed by atoms with Crippen LogP contribution < -0.4 is 0 Å². The number of benzene rings is 1. The minimum atomic E-state index is -4.44. The summed E-state index contributed by atoms with van der Waals surface area (Å²) in [7, 11) is 0. The molecule has 2 heterocycles. The lowest BCUT2D eigenvalue weighted by Gasteiger charge is -2.43. The topological polar surface area (TPSA) is 81.1 Å². The molecule has 2 fully saturated rings. The van der Waals surface area contributed by atoms with Gasteiger partial charge in [-0.25, -0.2) is 4.79 Å². The SMILES string of the molecule is O=C(O)C1CC(c2ccc(C(F)(F)F)cc2)CN(C(=O)N2CC(O)C2)C1. The number of alkyl halides is 3. The average molecular weight is 372 g/mol. The van der Waals surface area contributed by atoms with Crippen LogP contribution in [-0.4, -0.2) is 64.3 Å². The molecule has 26 heavy (non-hydrogen) atoms. The number of likely N-dealkylation sites (tertiary alicyclic amines) is 2. The van der Waals surface area contributed by atoms with E-state index in [-0.39, 0.29) is 44.5 Å². The number of carbonyl (C=O) groups excluding carboxylic acids is 1. The Morgan fingerprint density at radius 3 is 2.08 bits per heavy atom. The summed E-state index contributed by atoms with van der Waals surface area (Å²) < 4.78 is 38.1. The van der Waals surface area contributed by atoms with E-state index in [4.69, 9.17) is 0 Å².